The molecule has 0 saturated carbocycles. The molecule has 1 aromatic heterocycles. The molecule has 1 heterocycles. The number of nitrogens with zero attached hydrogens (tertiary/aromatic N) is 1. The van der Waals surface area contributed by atoms with Crippen LogP contribution < -0.4 is 0 Å². The van der Waals surface area contributed by atoms with E-state index in [1.54, 1.807) is 0 Å². The molecule has 22 heavy (non-hydrogen) atoms. The van der Waals surface area contributed by atoms with Crippen LogP contribution in [0.5, 0.6) is 0 Å². The fourth-order valence-corrected chi connectivity index (χ4v) is 2.81. The summed E-state index contributed by atoms with van der Waals surface area (Å²) in [5.74, 6) is 1.00. The lowest BCUT2D eigenvalue weighted by Crippen LogP contribution is -1.89. The van der Waals surface area contributed by atoms with Gasteiger partial charge in [-0.1, -0.05) is 72.8 Å². The lowest BCUT2D eigenvalue weighted by molar-refractivity contribution is 1.04. The number of hydrogen-bond acceptors (Lipinski definition) is 1. The number of imidazole rings is 1. The SMILES string of the molecule is c1ccc(Cc2nc3cccc(-c4ccccc4)c3[nH]2)cc1. The molecule has 0 saturated heterocycles. The Morgan fingerprint density at radius 3 is 2.23 bits per heavy atom. The molecule has 0 atom stereocenters. The van der Waals surface area contributed by atoms with Crippen LogP contribution in [0.4, 0.5) is 0 Å². The Morgan fingerprint density at radius 1 is 0.727 bits per heavy atom. The van der Waals surface area contributed by atoms with Gasteiger partial charge in [-0.3, -0.25) is 0 Å². The molecule has 3 aromatic carbocycles. The first-order chi connectivity index (χ1) is 10.9. The van der Waals surface area contributed by atoms with Crippen molar-refractivity contribution in [3.63, 3.8) is 0 Å². The van der Waals surface area contributed by atoms with E-state index in [-0.39, 0.29) is 0 Å². The molecular weight excluding hydrogens is 268 g/mol. The van der Waals surface area contributed by atoms with Gasteiger partial charge < -0.3 is 4.98 Å². The lowest BCUT2D eigenvalue weighted by atomic mass is 10.0. The molecule has 0 amide bonds. The predicted octanol–water partition coefficient (Wildman–Crippen LogP) is 4.82. The largest absolute Gasteiger partial charge is 0.341 e. The van der Waals surface area contributed by atoms with Crippen molar-refractivity contribution in [3.05, 3.63) is 90.3 Å². The van der Waals surface area contributed by atoms with Crippen LogP contribution in [0, 0.1) is 0 Å². The van der Waals surface area contributed by atoms with Gasteiger partial charge in [-0.15, -0.1) is 0 Å². The first kappa shape index (κ1) is 12.8. The fraction of sp³-hybridized carbons (Fsp3) is 0.0500. The quantitative estimate of drug-likeness (QED) is 0.574. The van der Waals surface area contributed by atoms with Crippen LogP contribution in [0.25, 0.3) is 22.2 Å². The zero-order valence-electron chi connectivity index (χ0n) is 12.2. The maximum absolute atomic E-state index is 4.74. The Morgan fingerprint density at radius 2 is 1.45 bits per heavy atom. The van der Waals surface area contributed by atoms with Crippen molar-refractivity contribution in [3.8, 4) is 11.1 Å². The number of nitrogens with one attached hydrogen (secondary N) is 1. The number of H-pyrrole nitrogens is 1. The average Bonchev–Trinajstić information content (AvgIpc) is 2.99. The van der Waals surface area contributed by atoms with E-state index >= 15 is 0 Å². The molecule has 106 valence electrons. The van der Waals surface area contributed by atoms with E-state index < -0.39 is 0 Å². The zero-order chi connectivity index (χ0) is 14.8. The topological polar surface area (TPSA) is 28.7 Å². The number of hydrogen-bond donors (Lipinski definition) is 1. The van der Waals surface area contributed by atoms with Gasteiger partial charge in [0.1, 0.15) is 5.82 Å². The summed E-state index contributed by atoms with van der Waals surface area (Å²) in [6, 6.07) is 27.1. The third-order valence-electron chi connectivity index (χ3n) is 3.87. The highest BCUT2D eigenvalue weighted by Gasteiger charge is 2.08. The van der Waals surface area contributed by atoms with Crippen LogP contribution in [-0.2, 0) is 6.42 Å². The fourth-order valence-electron chi connectivity index (χ4n) is 2.81. The van der Waals surface area contributed by atoms with Gasteiger partial charge in [0.15, 0.2) is 0 Å². The number of aromatic nitrogens is 2. The minimum Gasteiger partial charge on any atom is -0.341 e. The molecule has 0 aliphatic rings. The number of benzene rings is 3. The highest BCUT2D eigenvalue weighted by Crippen LogP contribution is 2.27. The van der Waals surface area contributed by atoms with E-state index in [1.165, 1.54) is 16.7 Å². The van der Waals surface area contributed by atoms with Crippen molar-refractivity contribution in [1.82, 2.24) is 9.97 Å². The number of rotatable bonds is 3. The molecule has 0 radical (unpaired) electrons. The van der Waals surface area contributed by atoms with Gasteiger partial charge >= 0.3 is 0 Å². The van der Waals surface area contributed by atoms with Crippen molar-refractivity contribution >= 4 is 11.0 Å². The monoisotopic (exact) mass is 284 g/mol. The second-order valence-corrected chi connectivity index (χ2v) is 5.41. The molecule has 4 aromatic rings. The average molecular weight is 284 g/mol. The Bertz CT molecular complexity index is 893. The molecule has 4 rings (SSSR count). The van der Waals surface area contributed by atoms with E-state index in [0.29, 0.717) is 0 Å². The summed E-state index contributed by atoms with van der Waals surface area (Å²) in [6.07, 6.45) is 0.823. The normalized spacial score (nSPS) is 10.9. The van der Waals surface area contributed by atoms with E-state index in [9.17, 15) is 0 Å². The van der Waals surface area contributed by atoms with Crippen molar-refractivity contribution in [2.24, 2.45) is 0 Å². The lowest BCUT2D eigenvalue weighted by Gasteiger charge is -2.02. The molecular formula is C20H16N2. The van der Waals surface area contributed by atoms with Crippen LogP contribution in [0.1, 0.15) is 11.4 Å². The first-order valence-electron chi connectivity index (χ1n) is 7.47. The number of fused-ring (bicyclic) bond motifs is 1. The van der Waals surface area contributed by atoms with Crippen molar-refractivity contribution in [2.45, 2.75) is 6.42 Å². The Hall–Kier alpha value is -2.87. The summed E-state index contributed by atoms with van der Waals surface area (Å²) < 4.78 is 0. The molecule has 2 nitrogen and oxygen atoms in total. The van der Waals surface area contributed by atoms with Crippen molar-refractivity contribution < 1.29 is 0 Å². The second kappa shape index (κ2) is 5.49. The summed E-state index contributed by atoms with van der Waals surface area (Å²) in [5.41, 5.74) is 5.81. The van der Waals surface area contributed by atoms with E-state index in [1.807, 2.05) is 12.1 Å². The molecule has 2 heteroatoms. The zero-order valence-corrected chi connectivity index (χ0v) is 12.2. The molecule has 0 aliphatic carbocycles. The van der Waals surface area contributed by atoms with Gasteiger partial charge in [-0.05, 0) is 17.2 Å². The van der Waals surface area contributed by atoms with Gasteiger partial charge in [-0.25, -0.2) is 4.98 Å². The predicted molar refractivity (Wildman–Crippen MR) is 90.8 cm³/mol. The van der Waals surface area contributed by atoms with Gasteiger partial charge in [0.2, 0.25) is 0 Å². The summed E-state index contributed by atoms with van der Waals surface area (Å²) in [7, 11) is 0. The van der Waals surface area contributed by atoms with Crippen molar-refractivity contribution in [1.29, 1.82) is 0 Å². The van der Waals surface area contributed by atoms with E-state index in [2.05, 4.69) is 71.7 Å². The van der Waals surface area contributed by atoms with Gasteiger partial charge in [-0.2, -0.15) is 0 Å². The van der Waals surface area contributed by atoms with Crippen LogP contribution in [0.15, 0.2) is 78.9 Å². The smallest absolute Gasteiger partial charge is 0.111 e. The van der Waals surface area contributed by atoms with Crippen LogP contribution in [0.2, 0.25) is 0 Å². The standard InChI is InChI=1S/C20H16N2/c1-3-8-15(9-4-1)14-19-21-18-13-7-12-17(20(18)22-19)16-10-5-2-6-11-16/h1-13H,14H2,(H,21,22). The van der Waals surface area contributed by atoms with Crippen LogP contribution in [-0.4, -0.2) is 9.97 Å². The molecule has 1 N–H and O–H groups in total. The molecule has 0 fully saturated rings. The minimum absolute atomic E-state index is 0.823. The van der Waals surface area contributed by atoms with Gasteiger partial charge in [0.05, 0.1) is 11.0 Å². The minimum atomic E-state index is 0.823. The number of aromatic amines is 1. The van der Waals surface area contributed by atoms with Gasteiger partial charge in [0.25, 0.3) is 0 Å². The second-order valence-electron chi connectivity index (χ2n) is 5.41. The Labute approximate surface area is 129 Å². The van der Waals surface area contributed by atoms with E-state index in [4.69, 9.17) is 4.98 Å². The first-order valence-corrected chi connectivity index (χ1v) is 7.47. The maximum atomic E-state index is 4.74. The maximum Gasteiger partial charge on any atom is 0.111 e. The van der Waals surface area contributed by atoms with E-state index in [0.717, 1.165) is 23.3 Å². The molecule has 0 spiro atoms. The summed E-state index contributed by atoms with van der Waals surface area (Å²) in [6.45, 7) is 0. The third kappa shape index (κ3) is 2.40. The Balaban J connectivity index is 1.78. The van der Waals surface area contributed by atoms with Crippen molar-refractivity contribution in [2.75, 3.05) is 0 Å². The highest BCUT2D eigenvalue weighted by molar-refractivity contribution is 5.92. The summed E-state index contributed by atoms with van der Waals surface area (Å²) in [5, 5.41) is 0. The molecule has 0 bridgehead atoms. The highest BCUT2D eigenvalue weighted by atomic mass is 14.9. The van der Waals surface area contributed by atoms with Gasteiger partial charge in [0, 0.05) is 12.0 Å². The summed E-state index contributed by atoms with van der Waals surface area (Å²) in [4.78, 5) is 8.24. The molecule has 0 unspecified atom stereocenters. The summed E-state index contributed by atoms with van der Waals surface area (Å²) >= 11 is 0. The Kier molecular flexibility index (Phi) is 3.20. The number of para-hydroxylation sites is 1. The van der Waals surface area contributed by atoms with Crippen LogP contribution in [0.3, 0.4) is 0 Å². The molecule has 0 aliphatic heterocycles. The van der Waals surface area contributed by atoms with Crippen LogP contribution >= 0.6 is 0 Å². The third-order valence-corrected chi connectivity index (χ3v) is 3.87.